The summed E-state index contributed by atoms with van der Waals surface area (Å²) in [5, 5.41) is 13.0. The maximum Gasteiger partial charge on any atom is 6.00 e. The van der Waals surface area contributed by atoms with Crippen LogP contribution in [-0.4, -0.2) is 0 Å². The van der Waals surface area contributed by atoms with Crippen molar-refractivity contribution in [1.29, 1.82) is 0 Å². The topological polar surface area (TPSA) is 0 Å². The SMILES string of the molecule is [Ru+6].c1cc[cH-]c1.c1ccc([PH+](c2ccccc2)c2ccccc2)cc1.c1ccc([PH+](c2ccccc2)c2ccccc2[PH+](c2ccccc2)c2ccccc2)cc1. The standard InChI is InChI=1S/C30H24P2.C18H15P.C5H5.Ru/c1-5-15-25(16-6-1)31(26-17-7-2-8-18-26)29-23-13-14-24-30(29)32(27-19-9-3-10-20-27)28-21-11-4-12-22-28;1-4-10-16(11-5-1)19(17-12-6-2-7-13-17)18-14-8-3-9-15-18;1-2-4-5-3-1;/h1-24H;1-15H;1-5H;/q;;-1;+6/p+3. The second-order valence-corrected chi connectivity index (χ2v) is 20.6. The van der Waals surface area contributed by atoms with Crippen LogP contribution in [0.1, 0.15) is 0 Å². The Balaban J connectivity index is 0.000000185. The van der Waals surface area contributed by atoms with E-state index in [2.05, 4.69) is 237 Å². The molecule has 0 radical (unpaired) electrons. The molecule has 0 N–H and O–H groups in total. The van der Waals surface area contributed by atoms with Crippen LogP contribution in [0.15, 0.2) is 267 Å². The van der Waals surface area contributed by atoms with E-state index in [1.165, 1.54) is 47.7 Å². The normalized spacial score (nSPS) is 10.4. The van der Waals surface area contributed by atoms with Crippen LogP contribution in [0.4, 0.5) is 0 Å². The van der Waals surface area contributed by atoms with Gasteiger partial charge in [0.15, 0.2) is 0 Å². The Hall–Kier alpha value is -4.98. The molecule has 0 bridgehead atoms. The van der Waals surface area contributed by atoms with Crippen molar-refractivity contribution < 1.29 is 19.5 Å². The van der Waals surface area contributed by atoms with Gasteiger partial charge in [-0.05, 0) is 97.1 Å². The summed E-state index contributed by atoms with van der Waals surface area (Å²) in [4.78, 5) is 0. The largest absolute Gasteiger partial charge is 6.00 e. The summed E-state index contributed by atoms with van der Waals surface area (Å²) in [6, 6.07) is 95.9. The molecule has 274 valence electrons. The van der Waals surface area contributed by atoms with E-state index in [4.69, 9.17) is 0 Å². The molecule has 0 aliphatic heterocycles. The van der Waals surface area contributed by atoms with Crippen molar-refractivity contribution in [3.63, 3.8) is 0 Å². The molecule has 0 atom stereocenters. The Morgan fingerprint density at radius 2 is 0.404 bits per heavy atom. The smallest absolute Gasteiger partial charge is 0.214 e. The summed E-state index contributed by atoms with van der Waals surface area (Å²) in [7, 11) is -3.16. The molecule has 0 heterocycles. The van der Waals surface area contributed by atoms with Crippen LogP contribution in [0.5, 0.6) is 0 Å². The quantitative estimate of drug-likeness (QED) is 0.0772. The Morgan fingerprint density at radius 3 is 0.596 bits per heavy atom. The maximum absolute atomic E-state index is 2.38. The predicted molar refractivity (Wildman–Crippen MR) is 255 cm³/mol. The molecule has 9 aromatic rings. The maximum atomic E-state index is 2.38. The third kappa shape index (κ3) is 11.6. The zero-order chi connectivity index (χ0) is 38.0. The Labute approximate surface area is 355 Å². The van der Waals surface area contributed by atoms with E-state index in [-0.39, 0.29) is 19.5 Å². The molecule has 0 amide bonds. The van der Waals surface area contributed by atoms with Gasteiger partial charge in [0.1, 0.15) is 63.6 Å². The van der Waals surface area contributed by atoms with Crippen LogP contribution < -0.4 is 47.7 Å². The second-order valence-electron chi connectivity index (χ2n) is 13.2. The Kier molecular flexibility index (Phi) is 16.6. The molecule has 0 saturated carbocycles. The summed E-state index contributed by atoms with van der Waals surface area (Å²) < 4.78 is 0. The summed E-state index contributed by atoms with van der Waals surface area (Å²) >= 11 is 0. The van der Waals surface area contributed by atoms with E-state index >= 15 is 0 Å². The fourth-order valence-electron chi connectivity index (χ4n) is 6.93. The zero-order valence-corrected chi connectivity index (χ0v) is 36.5. The minimum Gasteiger partial charge on any atom is -0.214 e. The monoisotopic (exact) mass is 878 g/mol. The molecule has 4 heteroatoms. The van der Waals surface area contributed by atoms with Gasteiger partial charge in [0, 0.05) is 0 Å². The molecule has 0 spiro atoms. The third-order valence-corrected chi connectivity index (χ3v) is 18.0. The van der Waals surface area contributed by atoms with Gasteiger partial charge < -0.3 is 0 Å². The van der Waals surface area contributed by atoms with Crippen LogP contribution in [-0.2, 0) is 19.5 Å². The van der Waals surface area contributed by atoms with E-state index in [0.717, 1.165) is 0 Å². The van der Waals surface area contributed by atoms with Crippen molar-refractivity contribution in [3.8, 4) is 0 Å². The van der Waals surface area contributed by atoms with Crippen LogP contribution in [0, 0.1) is 0 Å². The van der Waals surface area contributed by atoms with E-state index in [0.29, 0.717) is 0 Å². The van der Waals surface area contributed by atoms with Gasteiger partial charge in [-0.3, -0.25) is 0 Å². The summed E-state index contributed by atoms with van der Waals surface area (Å²) in [5.41, 5.74) is 0. The summed E-state index contributed by atoms with van der Waals surface area (Å²) in [6.07, 6.45) is 0. The van der Waals surface area contributed by atoms with Crippen molar-refractivity contribution in [2.75, 3.05) is 0 Å². The van der Waals surface area contributed by atoms with Gasteiger partial charge in [-0.2, -0.15) is 18.2 Å². The Morgan fingerprint density at radius 1 is 0.211 bits per heavy atom. The number of benzene rings is 8. The molecule has 9 aromatic carbocycles. The van der Waals surface area contributed by atoms with Gasteiger partial charge in [0.05, 0.1) is 7.92 Å². The van der Waals surface area contributed by atoms with Gasteiger partial charge in [0.25, 0.3) is 0 Å². The molecule has 0 nitrogen and oxygen atoms in total. The average Bonchev–Trinajstić information content (AvgIpc) is 3.89. The van der Waals surface area contributed by atoms with Crippen molar-refractivity contribution in [2.45, 2.75) is 0 Å². The first-order chi connectivity index (χ1) is 27.9. The van der Waals surface area contributed by atoms with E-state index in [9.17, 15) is 0 Å². The van der Waals surface area contributed by atoms with Crippen molar-refractivity contribution >= 4 is 71.5 Å². The molecule has 0 aliphatic carbocycles. The van der Waals surface area contributed by atoms with Crippen molar-refractivity contribution in [1.82, 2.24) is 0 Å². The zero-order valence-electron chi connectivity index (χ0n) is 31.8. The Bertz CT molecular complexity index is 2100. The summed E-state index contributed by atoms with van der Waals surface area (Å²) in [6.45, 7) is 0. The van der Waals surface area contributed by atoms with Crippen LogP contribution >= 0.6 is 23.8 Å². The molecule has 0 saturated heterocycles. The third-order valence-electron chi connectivity index (χ3n) is 9.46. The number of hydrogen-bond acceptors (Lipinski definition) is 0. The molecule has 9 rings (SSSR count). The molecule has 57 heavy (non-hydrogen) atoms. The molecule has 0 aromatic heterocycles. The van der Waals surface area contributed by atoms with E-state index in [1.54, 1.807) is 0 Å². The molecule has 0 unspecified atom stereocenters. The first-order valence-corrected chi connectivity index (χ1v) is 23.6. The summed E-state index contributed by atoms with van der Waals surface area (Å²) in [5.74, 6) is 0. The van der Waals surface area contributed by atoms with Crippen LogP contribution in [0.25, 0.3) is 0 Å². The first-order valence-electron chi connectivity index (χ1n) is 19.1. The molecule has 0 fully saturated rings. The molecule has 0 aliphatic rings. The van der Waals surface area contributed by atoms with Gasteiger partial charge in [0.2, 0.25) is 0 Å². The predicted octanol–water partition coefficient (Wildman–Crippen LogP) is 9.25. The average molecular weight is 878 g/mol. The number of hydrogen-bond donors (Lipinski definition) is 0. The fraction of sp³-hybridized carbons (Fsp3) is 0. The van der Waals surface area contributed by atoms with Gasteiger partial charge in [-0.15, -0.1) is 0 Å². The van der Waals surface area contributed by atoms with Crippen molar-refractivity contribution in [2.24, 2.45) is 0 Å². The van der Waals surface area contributed by atoms with Gasteiger partial charge in [-0.25, -0.2) is 12.1 Å². The minimum atomic E-state index is -1.14. The molecular weight excluding hydrogens is 831 g/mol. The van der Waals surface area contributed by atoms with E-state index < -0.39 is 23.8 Å². The van der Waals surface area contributed by atoms with Gasteiger partial charge in [-0.1, -0.05) is 140 Å². The van der Waals surface area contributed by atoms with Crippen LogP contribution in [0.3, 0.4) is 0 Å². The fourth-order valence-corrected chi connectivity index (χ4v) is 15.5. The minimum absolute atomic E-state index is 0. The second kappa shape index (κ2) is 22.7. The number of rotatable bonds is 9. The first kappa shape index (κ1) is 41.7. The molecular formula is C53H47P3Ru+8. The van der Waals surface area contributed by atoms with E-state index in [1.807, 2.05) is 30.3 Å². The van der Waals surface area contributed by atoms with Gasteiger partial charge >= 0.3 is 19.5 Å². The van der Waals surface area contributed by atoms with Crippen molar-refractivity contribution in [3.05, 3.63) is 267 Å². The van der Waals surface area contributed by atoms with Crippen LogP contribution in [0.2, 0.25) is 0 Å².